The third-order valence-corrected chi connectivity index (χ3v) is 6.05. The van der Waals surface area contributed by atoms with E-state index in [0.29, 0.717) is 6.54 Å². The summed E-state index contributed by atoms with van der Waals surface area (Å²) in [5.41, 5.74) is 0.855. The number of ether oxygens (including phenoxy) is 1. The fraction of sp³-hybridized carbons (Fsp3) is 0.778. The van der Waals surface area contributed by atoms with Gasteiger partial charge < -0.3 is 14.5 Å². The van der Waals surface area contributed by atoms with Gasteiger partial charge in [0, 0.05) is 6.54 Å². The predicted molar refractivity (Wildman–Crippen MR) is 87.2 cm³/mol. The third kappa shape index (κ3) is 2.98. The van der Waals surface area contributed by atoms with Crippen LogP contribution in [0.3, 0.4) is 0 Å². The van der Waals surface area contributed by atoms with Crippen LogP contribution in [0.15, 0.2) is 16.8 Å². The number of carbonyl (C=O) groups is 1. The Morgan fingerprint density at radius 2 is 1.91 bits per heavy atom. The Bertz CT molecular complexity index is 505. The first-order valence-electron chi connectivity index (χ1n) is 8.89. The third-order valence-electron chi connectivity index (χ3n) is 6.05. The lowest BCUT2D eigenvalue weighted by atomic mass is 9.54. The lowest BCUT2D eigenvalue weighted by Crippen LogP contribution is -2.54. The van der Waals surface area contributed by atoms with Crippen LogP contribution in [-0.2, 0) is 9.57 Å². The second kappa shape index (κ2) is 5.84. The molecule has 5 rings (SSSR count). The van der Waals surface area contributed by atoms with E-state index in [-0.39, 0.29) is 11.7 Å². The van der Waals surface area contributed by atoms with Crippen LogP contribution in [0, 0.1) is 17.8 Å². The maximum Gasteiger partial charge on any atom is 0.410 e. The topological polar surface area (TPSA) is 51.1 Å². The molecule has 5 aliphatic rings. The van der Waals surface area contributed by atoms with Crippen molar-refractivity contribution in [2.45, 2.75) is 50.5 Å². The summed E-state index contributed by atoms with van der Waals surface area (Å²) in [5.74, 6) is 2.37. The zero-order valence-electron chi connectivity index (χ0n) is 13.9. The van der Waals surface area contributed by atoms with E-state index < -0.39 is 0 Å². The summed E-state index contributed by atoms with van der Waals surface area (Å²) in [6.07, 6.45) is 11.9. The second-order valence-corrected chi connectivity index (χ2v) is 7.87. The van der Waals surface area contributed by atoms with Gasteiger partial charge in [-0.1, -0.05) is 11.2 Å². The molecule has 0 N–H and O–H groups in total. The molecule has 4 saturated carbocycles. The number of hydrogen-bond acceptors (Lipinski definition) is 4. The second-order valence-electron chi connectivity index (χ2n) is 7.87. The van der Waals surface area contributed by atoms with Crippen LogP contribution in [0.5, 0.6) is 0 Å². The van der Waals surface area contributed by atoms with Crippen molar-refractivity contribution in [1.82, 2.24) is 4.90 Å². The Hall–Kier alpha value is -1.52. The van der Waals surface area contributed by atoms with Gasteiger partial charge in [-0.3, -0.25) is 0 Å². The van der Waals surface area contributed by atoms with E-state index in [1.54, 1.807) is 6.21 Å². The molecular weight excluding hydrogens is 292 g/mol. The van der Waals surface area contributed by atoms with E-state index >= 15 is 0 Å². The molecule has 1 aliphatic heterocycles. The lowest BCUT2D eigenvalue weighted by molar-refractivity contribution is -0.133. The first kappa shape index (κ1) is 15.0. The molecule has 0 radical (unpaired) electrons. The van der Waals surface area contributed by atoms with Gasteiger partial charge >= 0.3 is 6.09 Å². The lowest BCUT2D eigenvalue weighted by Gasteiger charge is -2.55. The minimum Gasteiger partial charge on any atom is -0.443 e. The Balaban J connectivity index is 1.40. The highest BCUT2D eigenvalue weighted by atomic mass is 16.6. The monoisotopic (exact) mass is 318 g/mol. The van der Waals surface area contributed by atoms with Crippen LogP contribution in [0.2, 0.25) is 0 Å². The SMILES string of the molecule is CO/N=C\C1=CCCN(C(=O)OC23CC4CC(CC(C4)C2)C3)C1. The van der Waals surface area contributed by atoms with Crippen LogP contribution < -0.4 is 0 Å². The Kier molecular flexibility index (Phi) is 3.82. The molecule has 0 aromatic heterocycles. The number of oxime groups is 1. The van der Waals surface area contributed by atoms with Gasteiger partial charge in [0.1, 0.15) is 12.7 Å². The van der Waals surface area contributed by atoms with Crippen molar-refractivity contribution in [3.8, 4) is 0 Å². The normalized spacial score (nSPS) is 38.7. The van der Waals surface area contributed by atoms with Gasteiger partial charge in [-0.05, 0) is 68.3 Å². The number of nitrogens with zero attached hydrogens (tertiary/aromatic N) is 2. The maximum atomic E-state index is 12.7. The highest BCUT2D eigenvalue weighted by Crippen LogP contribution is 2.57. The summed E-state index contributed by atoms with van der Waals surface area (Å²) < 4.78 is 6.13. The van der Waals surface area contributed by atoms with Gasteiger partial charge in [0.15, 0.2) is 0 Å². The van der Waals surface area contributed by atoms with Gasteiger partial charge in [-0.25, -0.2) is 4.79 Å². The van der Waals surface area contributed by atoms with E-state index in [1.165, 1.54) is 26.4 Å². The fourth-order valence-electron chi connectivity index (χ4n) is 5.55. The van der Waals surface area contributed by atoms with Gasteiger partial charge in [0.25, 0.3) is 0 Å². The molecule has 4 aliphatic carbocycles. The quantitative estimate of drug-likeness (QED) is 0.592. The molecular formula is C18H26N2O3. The minimum absolute atomic E-state index is 0.136. The summed E-state index contributed by atoms with van der Waals surface area (Å²) in [5, 5.41) is 3.80. The smallest absolute Gasteiger partial charge is 0.410 e. The molecule has 0 spiro atoms. The first-order valence-corrected chi connectivity index (χ1v) is 8.89. The van der Waals surface area contributed by atoms with E-state index in [0.717, 1.165) is 55.6 Å². The van der Waals surface area contributed by atoms with Crippen molar-refractivity contribution in [2.75, 3.05) is 20.2 Å². The highest BCUT2D eigenvalue weighted by molar-refractivity contribution is 5.80. The van der Waals surface area contributed by atoms with Crippen LogP contribution in [0.1, 0.15) is 44.9 Å². The molecule has 0 atom stereocenters. The number of rotatable bonds is 3. The molecule has 1 amide bonds. The maximum absolute atomic E-state index is 12.7. The van der Waals surface area contributed by atoms with E-state index in [2.05, 4.69) is 11.2 Å². The fourth-order valence-corrected chi connectivity index (χ4v) is 5.55. The Morgan fingerprint density at radius 1 is 1.26 bits per heavy atom. The van der Waals surface area contributed by atoms with E-state index in [4.69, 9.17) is 9.57 Å². The van der Waals surface area contributed by atoms with Crippen molar-refractivity contribution in [2.24, 2.45) is 22.9 Å². The van der Waals surface area contributed by atoms with Crippen molar-refractivity contribution >= 4 is 12.3 Å². The Labute approximate surface area is 137 Å². The number of hydrogen-bond donors (Lipinski definition) is 0. The average molecular weight is 318 g/mol. The molecule has 126 valence electrons. The zero-order valence-corrected chi connectivity index (χ0v) is 13.9. The van der Waals surface area contributed by atoms with Crippen LogP contribution in [0.25, 0.3) is 0 Å². The zero-order chi connectivity index (χ0) is 15.9. The van der Waals surface area contributed by atoms with Crippen molar-refractivity contribution in [3.63, 3.8) is 0 Å². The molecule has 0 aromatic rings. The van der Waals surface area contributed by atoms with Crippen molar-refractivity contribution in [1.29, 1.82) is 0 Å². The molecule has 0 unspecified atom stereocenters. The van der Waals surface area contributed by atoms with Gasteiger partial charge in [0.2, 0.25) is 0 Å². The van der Waals surface area contributed by atoms with Crippen LogP contribution in [-0.4, -0.2) is 43.0 Å². The molecule has 5 nitrogen and oxygen atoms in total. The standard InChI is InChI=1S/C18H26N2O3/c1-22-19-11-13-3-2-4-20(12-13)17(21)23-18-8-14-5-15(9-18)7-16(6-14)10-18/h3,11,14-16H,2,4-10,12H2,1H3/b19-11-. The largest absolute Gasteiger partial charge is 0.443 e. The van der Waals surface area contributed by atoms with E-state index in [1.807, 2.05) is 4.90 Å². The van der Waals surface area contributed by atoms with Gasteiger partial charge in [-0.15, -0.1) is 0 Å². The van der Waals surface area contributed by atoms with E-state index in [9.17, 15) is 4.79 Å². The molecule has 0 saturated heterocycles. The minimum atomic E-state index is -0.159. The molecule has 4 fully saturated rings. The molecule has 4 bridgehead atoms. The number of carbonyl (C=O) groups excluding carboxylic acids is 1. The van der Waals surface area contributed by atoms with Crippen LogP contribution >= 0.6 is 0 Å². The highest BCUT2D eigenvalue weighted by Gasteiger charge is 2.53. The predicted octanol–water partition coefficient (Wildman–Crippen LogP) is 3.36. The average Bonchev–Trinajstić information content (AvgIpc) is 2.51. The van der Waals surface area contributed by atoms with Gasteiger partial charge in [0.05, 0.1) is 12.8 Å². The van der Waals surface area contributed by atoms with Crippen LogP contribution in [0.4, 0.5) is 4.79 Å². The summed E-state index contributed by atoms with van der Waals surface area (Å²) in [6, 6.07) is 0. The Morgan fingerprint density at radius 3 is 2.52 bits per heavy atom. The molecule has 1 heterocycles. The summed E-state index contributed by atoms with van der Waals surface area (Å²) in [4.78, 5) is 19.2. The van der Waals surface area contributed by atoms with Crippen molar-refractivity contribution in [3.05, 3.63) is 11.6 Å². The number of amides is 1. The van der Waals surface area contributed by atoms with Crippen molar-refractivity contribution < 1.29 is 14.4 Å². The summed E-state index contributed by atoms with van der Waals surface area (Å²) in [7, 11) is 1.53. The van der Waals surface area contributed by atoms with Gasteiger partial charge in [-0.2, -0.15) is 0 Å². The molecule has 5 heteroatoms. The molecule has 0 aromatic carbocycles. The first-order chi connectivity index (χ1) is 11.2. The summed E-state index contributed by atoms with van der Waals surface area (Å²) in [6.45, 7) is 1.30. The summed E-state index contributed by atoms with van der Waals surface area (Å²) >= 11 is 0. The molecule has 23 heavy (non-hydrogen) atoms.